The second-order valence-electron chi connectivity index (χ2n) is 8.26. The summed E-state index contributed by atoms with van der Waals surface area (Å²) in [5.74, 6) is 0.501. The third kappa shape index (κ3) is 5.99. The monoisotopic (exact) mass is 499 g/mol. The maximum absolute atomic E-state index is 13.8. The van der Waals surface area contributed by atoms with Crippen molar-refractivity contribution in [2.24, 2.45) is 0 Å². The van der Waals surface area contributed by atoms with Crippen molar-refractivity contribution >= 4 is 5.78 Å². The number of hydrogen-bond donors (Lipinski definition) is 3. The van der Waals surface area contributed by atoms with Crippen LogP contribution in [0.5, 0.6) is 17.2 Å². The van der Waals surface area contributed by atoms with Crippen LogP contribution in [0.4, 0.5) is 4.39 Å². The summed E-state index contributed by atoms with van der Waals surface area (Å²) in [7, 11) is 2.91. The fraction of sp³-hybridized carbons (Fsp3) is 0.333. The molecule has 2 aromatic carbocycles. The van der Waals surface area contributed by atoms with Gasteiger partial charge in [-0.1, -0.05) is 0 Å². The molecule has 1 aromatic heterocycles. The molecule has 0 saturated heterocycles. The number of ketones is 1. The number of hydrogen-bond acceptors (Lipinski definition) is 8. The van der Waals surface area contributed by atoms with Gasteiger partial charge >= 0.3 is 0 Å². The smallest absolute Gasteiger partial charge is 0.163 e. The minimum Gasteiger partial charge on any atom is -0.494 e. The summed E-state index contributed by atoms with van der Waals surface area (Å²) >= 11 is 0. The fourth-order valence-electron chi connectivity index (χ4n) is 3.74. The van der Waals surface area contributed by atoms with Gasteiger partial charge in [-0.05, 0) is 67.4 Å². The van der Waals surface area contributed by atoms with Crippen molar-refractivity contribution in [2.45, 2.75) is 25.4 Å². The SMILES string of the molecule is COc1cc(C(=O)CCC(O)(CO)c2ccc(OC)c(-c3ccc(F)c(C)c3)n2)ccc1OCCO. The third-order valence-electron chi connectivity index (χ3n) is 5.85. The standard InChI is InChI=1S/C27H30FNO7/c1-17-14-19(4-6-20(17)28)26-23(34-2)8-9-25(29-26)27(33,16-31)11-10-21(32)18-5-7-22(36-13-12-30)24(15-18)35-3/h4-9,14-15,30-31,33H,10-13,16H2,1-3H3. The number of halogens is 1. The van der Waals surface area contributed by atoms with Gasteiger partial charge < -0.3 is 29.5 Å². The molecule has 0 aliphatic rings. The Morgan fingerprint density at radius 2 is 1.72 bits per heavy atom. The van der Waals surface area contributed by atoms with Gasteiger partial charge in [0.2, 0.25) is 0 Å². The number of Topliss-reactive ketones (excluding diaryl/α,β-unsaturated/α-hetero) is 1. The van der Waals surface area contributed by atoms with Gasteiger partial charge in [-0.2, -0.15) is 0 Å². The Hall–Kier alpha value is -3.53. The number of methoxy groups -OCH3 is 2. The number of carbonyl (C=O) groups excluding carboxylic acids is 1. The number of carbonyl (C=O) groups is 1. The van der Waals surface area contributed by atoms with Gasteiger partial charge in [-0.15, -0.1) is 0 Å². The van der Waals surface area contributed by atoms with E-state index in [0.717, 1.165) is 0 Å². The number of aliphatic hydroxyl groups excluding tert-OH is 2. The number of aryl methyl sites for hydroxylation is 1. The predicted octanol–water partition coefficient (Wildman–Crippen LogP) is 3.43. The average molecular weight is 500 g/mol. The number of benzene rings is 2. The van der Waals surface area contributed by atoms with Crippen molar-refractivity contribution in [3.63, 3.8) is 0 Å². The highest BCUT2D eigenvalue weighted by atomic mass is 19.1. The summed E-state index contributed by atoms with van der Waals surface area (Å²) < 4.78 is 29.8. The average Bonchev–Trinajstić information content (AvgIpc) is 2.91. The van der Waals surface area contributed by atoms with Gasteiger partial charge in [0.15, 0.2) is 17.3 Å². The molecule has 0 aliphatic carbocycles. The zero-order chi connectivity index (χ0) is 26.3. The van der Waals surface area contributed by atoms with E-state index in [4.69, 9.17) is 19.3 Å². The van der Waals surface area contributed by atoms with E-state index in [1.165, 1.54) is 32.4 Å². The van der Waals surface area contributed by atoms with Crippen LogP contribution in [0.3, 0.4) is 0 Å². The molecule has 192 valence electrons. The molecule has 0 radical (unpaired) electrons. The minimum absolute atomic E-state index is 0.0848. The van der Waals surface area contributed by atoms with Crippen molar-refractivity contribution in [1.29, 1.82) is 0 Å². The van der Waals surface area contributed by atoms with Crippen LogP contribution in [-0.2, 0) is 5.60 Å². The number of rotatable bonds is 12. The number of nitrogens with zero attached hydrogens (tertiary/aromatic N) is 1. The number of aromatic nitrogens is 1. The van der Waals surface area contributed by atoms with Crippen molar-refractivity contribution in [1.82, 2.24) is 4.98 Å². The molecule has 3 rings (SSSR count). The minimum atomic E-state index is -1.81. The molecule has 0 aliphatic heterocycles. The second-order valence-corrected chi connectivity index (χ2v) is 8.26. The summed E-state index contributed by atoms with van der Waals surface area (Å²) in [6.07, 6.45) is -0.190. The Kier molecular flexibility index (Phi) is 8.98. The van der Waals surface area contributed by atoms with Gasteiger partial charge in [-0.25, -0.2) is 9.37 Å². The van der Waals surface area contributed by atoms with Crippen LogP contribution < -0.4 is 14.2 Å². The highest BCUT2D eigenvalue weighted by molar-refractivity contribution is 5.96. The van der Waals surface area contributed by atoms with Crippen molar-refractivity contribution in [3.05, 3.63) is 71.2 Å². The van der Waals surface area contributed by atoms with Gasteiger partial charge in [0.25, 0.3) is 0 Å². The molecule has 3 N–H and O–H groups in total. The van der Waals surface area contributed by atoms with Gasteiger partial charge in [0.1, 0.15) is 29.5 Å². The van der Waals surface area contributed by atoms with Crippen LogP contribution >= 0.6 is 0 Å². The van der Waals surface area contributed by atoms with Crippen LogP contribution in [0.2, 0.25) is 0 Å². The van der Waals surface area contributed by atoms with Crippen LogP contribution in [0.1, 0.15) is 34.5 Å². The van der Waals surface area contributed by atoms with Crippen LogP contribution in [-0.4, -0.2) is 60.1 Å². The number of pyridine rings is 1. The summed E-state index contributed by atoms with van der Waals surface area (Å²) in [5.41, 5.74) is 0.0710. The van der Waals surface area contributed by atoms with Gasteiger partial charge in [0.05, 0.1) is 33.1 Å². The molecule has 9 heteroatoms. The highest BCUT2D eigenvalue weighted by Gasteiger charge is 2.32. The molecule has 3 aromatic rings. The Morgan fingerprint density at radius 1 is 1.00 bits per heavy atom. The lowest BCUT2D eigenvalue weighted by Gasteiger charge is -2.26. The Bertz CT molecular complexity index is 1220. The van der Waals surface area contributed by atoms with E-state index in [9.17, 15) is 19.4 Å². The normalized spacial score (nSPS) is 12.6. The zero-order valence-corrected chi connectivity index (χ0v) is 20.5. The first-order valence-corrected chi connectivity index (χ1v) is 11.4. The van der Waals surface area contributed by atoms with Crippen LogP contribution in [0.15, 0.2) is 48.5 Å². The second kappa shape index (κ2) is 11.9. The van der Waals surface area contributed by atoms with Crippen molar-refractivity contribution in [2.75, 3.05) is 34.0 Å². The summed E-state index contributed by atoms with van der Waals surface area (Å²) in [6, 6.07) is 12.3. The predicted molar refractivity (Wildman–Crippen MR) is 131 cm³/mol. The molecule has 8 nitrogen and oxygen atoms in total. The first-order valence-electron chi connectivity index (χ1n) is 11.4. The van der Waals surface area contributed by atoms with Crippen LogP contribution in [0, 0.1) is 12.7 Å². The number of ether oxygens (including phenoxy) is 3. The van der Waals surface area contributed by atoms with E-state index in [1.54, 1.807) is 37.3 Å². The van der Waals surface area contributed by atoms with Gasteiger partial charge in [0, 0.05) is 17.5 Å². The van der Waals surface area contributed by atoms with E-state index in [2.05, 4.69) is 4.98 Å². The largest absolute Gasteiger partial charge is 0.494 e. The zero-order valence-electron chi connectivity index (χ0n) is 20.5. The summed E-state index contributed by atoms with van der Waals surface area (Å²) in [5, 5.41) is 30.2. The lowest BCUT2D eigenvalue weighted by Crippen LogP contribution is -2.32. The van der Waals surface area contributed by atoms with Crippen LogP contribution in [0.25, 0.3) is 11.3 Å². The van der Waals surface area contributed by atoms with E-state index in [1.807, 2.05) is 0 Å². The lowest BCUT2D eigenvalue weighted by molar-refractivity contribution is -0.0298. The topological polar surface area (TPSA) is 118 Å². The van der Waals surface area contributed by atoms with Crippen molar-refractivity contribution in [3.8, 4) is 28.5 Å². The molecule has 1 unspecified atom stereocenters. The van der Waals surface area contributed by atoms with Gasteiger partial charge in [-0.3, -0.25) is 4.79 Å². The molecule has 1 atom stereocenters. The quantitative estimate of drug-likeness (QED) is 0.325. The molecule has 36 heavy (non-hydrogen) atoms. The van der Waals surface area contributed by atoms with Crippen molar-refractivity contribution < 1.29 is 38.7 Å². The maximum Gasteiger partial charge on any atom is 0.163 e. The lowest BCUT2D eigenvalue weighted by atomic mass is 9.91. The molecule has 0 spiro atoms. The highest BCUT2D eigenvalue weighted by Crippen LogP contribution is 2.34. The number of aliphatic hydroxyl groups is 3. The Labute approximate surface area is 208 Å². The summed E-state index contributed by atoms with van der Waals surface area (Å²) in [4.78, 5) is 17.4. The van der Waals surface area contributed by atoms with E-state index in [0.29, 0.717) is 39.6 Å². The Morgan fingerprint density at radius 3 is 2.36 bits per heavy atom. The van der Waals surface area contributed by atoms with E-state index >= 15 is 0 Å². The molecule has 0 amide bonds. The van der Waals surface area contributed by atoms with E-state index in [-0.39, 0.29) is 43.3 Å². The molecule has 0 bridgehead atoms. The van der Waals surface area contributed by atoms with E-state index < -0.39 is 12.2 Å². The molecule has 1 heterocycles. The molecular formula is C27H30FNO7. The molecule has 0 saturated carbocycles. The molecule has 0 fully saturated rings. The Balaban J connectivity index is 1.84. The first kappa shape index (κ1) is 27.1. The molecular weight excluding hydrogens is 469 g/mol. The summed E-state index contributed by atoms with van der Waals surface area (Å²) in [6.45, 7) is 0.886. The first-order chi connectivity index (χ1) is 17.3. The fourth-order valence-corrected chi connectivity index (χ4v) is 3.74. The third-order valence-corrected chi connectivity index (χ3v) is 5.85. The maximum atomic E-state index is 13.8.